The molecule has 0 aliphatic heterocycles. The van der Waals surface area contributed by atoms with Crippen LogP contribution in [0.15, 0.2) is 42.6 Å². The molecule has 98 valence electrons. The second-order valence-corrected chi connectivity index (χ2v) is 4.40. The molecule has 2 aromatic rings. The van der Waals surface area contributed by atoms with E-state index < -0.39 is 0 Å². The Kier molecular flexibility index (Phi) is 4.18. The summed E-state index contributed by atoms with van der Waals surface area (Å²) in [5.74, 6) is -0.238. The van der Waals surface area contributed by atoms with Crippen molar-refractivity contribution >= 4 is 17.6 Å². The summed E-state index contributed by atoms with van der Waals surface area (Å²) < 4.78 is 4.65. The van der Waals surface area contributed by atoms with E-state index in [1.807, 2.05) is 30.5 Å². The fourth-order valence-corrected chi connectivity index (χ4v) is 1.88. The number of benzene rings is 1. The first-order valence-corrected chi connectivity index (χ1v) is 6.17. The van der Waals surface area contributed by atoms with Gasteiger partial charge in [-0.3, -0.25) is 4.79 Å². The highest BCUT2D eigenvalue weighted by Crippen LogP contribution is 2.18. The van der Waals surface area contributed by atoms with Crippen molar-refractivity contribution in [1.82, 2.24) is 4.98 Å². The first-order chi connectivity index (χ1) is 9.19. The molecule has 1 aromatic carbocycles. The highest BCUT2D eigenvalue weighted by atomic mass is 16.5. The number of ether oxygens (including phenoxy) is 1. The number of carbonyl (C=O) groups is 1. The molecule has 0 saturated carbocycles. The molecule has 0 saturated heterocycles. The minimum Gasteiger partial charge on any atom is -0.469 e. The molecule has 0 fully saturated rings. The molecule has 3 nitrogen and oxygen atoms in total. The lowest BCUT2D eigenvalue weighted by atomic mass is 10.1. The molecule has 2 rings (SSSR count). The van der Waals surface area contributed by atoms with Gasteiger partial charge in [-0.15, -0.1) is 0 Å². The molecule has 0 spiro atoms. The van der Waals surface area contributed by atoms with E-state index in [0.717, 1.165) is 22.4 Å². The van der Waals surface area contributed by atoms with Crippen LogP contribution in [0, 0.1) is 0 Å². The second-order valence-electron chi connectivity index (χ2n) is 4.40. The van der Waals surface area contributed by atoms with Crippen molar-refractivity contribution in [3.05, 3.63) is 59.4 Å². The standard InChI is InChI=1S/C16H17NO2/c1-12(8-13-6-4-3-5-7-13)14-9-15(17-11-14)10-16(18)19-2/h3-9,11,17H,10H2,1-2H3. The molecular formula is C16H17NO2. The Balaban J connectivity index is 2.14. The van der Waals surface area contributed by atoms with Gasteiger partial charge in [-0.1, -0.05) is 36.4 Å². The van der Waals surface area contributed by atoms with Gasteiger partial charge in [0.15, 0.2) is 0 Å². The van der Waals surface area contributed by atoms with Crippen molar-refractivity contribution in [1.29, 1.82) is 0 Å². The van der Waals surface area contributed by atoms with Gasteiger partial charge in [-0.25, -0.2) is 0 Å². The van der Waals surface area contributed by atoms with Crippen LogP contribution in [-0.2, 0) is 16.0 Å². The molecule has 0 bridgehead atoms. The van der Waals surface area contributed by atoms with E-state index in [-0.39, 0.29) is 12.4 Å². The summed E-state index contributed by atoms with van der Waals surface area (Å²) >= 11 is 0. The number of nitrogens with one attached hydrogen (secondary N) is 1. The summed E-state index contributed by atoms with van der Waals surface area (Å²) in [6, 6.07) is 12.1. The first-order valence-electron chi connectivity index (χ1n) is 6.17. The van der Waals surface area contributed by atoms with Crippen molar-refractivity contribution in [3.63, 3.8) is 0 Å². The molecule has 0 unspecified atom stereocenters. The molecule has 0 aliphatic rings. The van der Waals surface area contributed by atoms with E-state index in [1.54, 1.807) is 0 Å². The Bertz CT molecular complexity index is 582. The zero-order chi connectivity index (χ0) is 13.7. The molecule has 0 radical (unpaired) electrons. The number of H-pyrrole nitrogens is 1. The fourth-order valence-electron chi connectivity index (χ4n) is 1.88. The zero-order valence-corrected chi connectivity index (χ0v) is 11.1. The van der Waals surface area contributed by atoms with E-state index in [2.05, 4.69) is 34.9 Å². The largest absolute Gasteiger partial charge is 0.469 e. The van der Waals surface area contributed by atoms with Crippen LogP contribution in [0.2, 0.25) is 0 Å². The number of methoxy groups -OCH3 is 1. The third-order valence-corrected chi connectivity index (χ3v) is 2.94. The van der Waals surface area contributed by atoms with Gasteiger partial charge in [0.05, 0.1) is 13.5 Å². The minimum atomic E-state index is -0.238. The quantitative estimate of drug-likeness (QED) is 0.852. The Hall–Kier alpha value is -2.29. The third-order valence-electron chi connectivity index (χ3n) is 2.94. The van der Waals surface area contributed by atoms with E-state index in [1.165, 1.54) is 7.11 Å². The van der Waals surface area contributed by atoms with Crippen LogP contribution in [-0.4, -0.2) is 18.1 Å². The van der Waals surface area contributed by atoms with Crippen LogP contribution in [0.5, 0.6) is 0 Å². The highest BCUT2D eigenvalue weighted by molar-refractivity contribution is 5.80. The number of esters is 1. The Morgan fingerprint density at radius 2 is 2.05 bits per heavy atom. The molecule has 1 heterocycles. The molecule has 1 N–H and O–H groups in total. The number of rotatable bonds is 4. The van der Waals surface area contributed by atoms with Crippen LogP contribution < -0.4 is 0 Å². The Labute approximate surface area is 112 Å². The topological polar surface area (TPSA) is 42.1 Å². The van der Waals surface area contributed by atoms with Gasteiger partial charge in [0.1, 0.15) is 0 Å². The van der Waals surface area contributed by atoms with Gasteiger partial charge in [0, 0.05) is 11.9 Å². The average Bonchev–Trinajstić information content (AvgIpc) is 2.88. The van der Waals surface area contributed by atoms with Gasteiger partial charge < -0.3 is 9.72 Å². The molecule has 1 aromatic heterocycles. The van der Waals surface area contributed by atoms with Gasteiger partial charge in [-0.2, -0.15) is 0 Å². The second kappa shape index (κ2) is 6.05. The number of hydrogen-bond donors (Lipinski definition) is 1. The number of aromatic nitrogens is 1. The summed E-state index contributed by atoms with van der Waals surface area (Å²) in [5.41, 5.74) is 4.26. The number of aromatic amines is 1. The summed E-state index contributed by atoms with van der Waals surface area (Å²) in [5, 5.41) is 0. The lowest BCUT2D eigenvalue weighted by Gasteiger charge is -1.98. The van der Waals surface area contributed by atoms with Crippen LogP contribution in [0.3, 0.4) is 0 Å². The van der Waals surface area contributed by atoms with Crippen molar-refractivity contribution < 1.29 is 9.53 Å². The minimum absolute atomic E-state index is 0.238. The van der Waals surface area contributed by atoms with Crippen molar-refractivity contribution in [2.75, 3.05) is 7.11 Å². The smallest absolute Gasteiger partial charge is 0.311 e. The van der Waals surface area contributed by atoms with E-state index >= 15 is 0 Å². The Morgan fingerprint density at radius 1 is 1.32 bits per heavy atom. The molecule has 19 heavy (non-hydrogen) atoms. The molecule has 0 amide bonds. The predicted octanol–water partition coefficient (Wildman–Crippen LogP) is 3.29. The predicted molar refractivity (Wildman–Crippen MR) is 76.5 cm³/mol. The highest BCUT2D eigenvalue weighted by Gasteiger charge is 2.06. The number of hydrogen-bond acceptors (Lipinski definition) is 2. The van der Waals surface area contributed by atoms with E-state index in [0.29, 0.717) is 0 Å². The summed E-state index contributed by atoms with van der Waals surface area (Å²) in [7, 11) is 1.40. The van der Waals surface area contributed by atoms with Crippen LogP contribution in [0.4, 0.5) is 0 Å². The normalized spacial score (nSPS) is 11.4. The number of carbonyl (C=O) groups excluding carboxylic acids is 1. The molecular weight excluding hydrogens is 238 g/mol. The van der Waals surface area contributed by atoms with Gasteiger partial charge in [-0.05, 0) is 29.7 Å². The van der Waals surface area contributed by atoms with E-state index in [9.17, 15) is 4.79 Å². The van der Waals surface area contributed by atoms with Gasteiger partial charge in [0.25, 0.3) is 0 Å². The summed E-state index contributed by atoms with van der Waals surface area (Å²) in [4.78, 5) is 14.3. The van der Waals surface area contributed by atoms with Crippen molar-refractivity contribution in [2.45, 2.75) is 13.3 Å². The summed E-state index contributed by atoms with van der Waals surface area (Å²) in [6.07, 6.45) is 4.30. The van der Waals surface area contributed by atoms with Crippen LogP contribution >= 0.6 is 0 Å². The van der Waals surface area contributed by atoms with Crippen LogP contribution in [0.25, 0.3) is 11.6 Å². The van der Waals surface area contributed by atoms with Crippen molar-refractivity contribution in [3.8, 4) is 0 Å². The molecule has 0 aliphatic carbocycles. The maximum absolute atomic E-state index is 11.2. The SMILES string of the molecule is COC(=O)Cc1cc(C(C)=Cc2ccccc2)c[nH]1. The first kappa shape index (κ1) is 13.1. The maximum atomic E-state index is 11.2. The van der Waals surface area contributed by atoms with Gasteiger partial charge in [0.2, 0.25) is 0 Å². The fraction of sp³-hybridized carbons (Fsp3) is 0.188. The molecule has 3 heteroatoms. The Morgan fingerprint density at radius 3 is 2.74 bits per heavy atom. The lowest BCUT2D eigenvalue weighted by Crippen LogP contribution is -2.04. The average molecular weight is 255 g/mol. The lowest BCUT2D eigenvalue weighted by molar-refractivity contribution is -0.139. The molecule has 0 atom stereocenters. The number of allylic oxidation sites excluding steroid dienone is 1. The third kappa shape index (κ3) is 3.58. The van der Waals surface area contributed by atoms with E-state index in [4.69, 9.17) is 0 Å². The summed E-state index contributed by atoms with van der Waals surface area (Å²) in [6.45, 7) is 2.05. The maximum Gasteiger partial charge on any atom is 0.311 e. The zero-order valence-electron chi connectivity index (χ0n) is 11.1. The van der Waals surface area contributed by atoms with Crippen molar-refractivity contribution in [2.24, 2.45) is 0 Å². The monoisotopic (exact) mass is 255 g/mol. The van der Waals surface area contributed by atoms with Gasteiger partial charge >= 0.3 is 5.97 Å². The van der Waals surface area contributed by atoms with Crippen LogP contribution in [0.1, 0.15) is 23.7 Å².